The first-order valence-electron chi connectivity index (χ1n) is 7.11. The lowest BCUT2D eigenvalue weighted by Crippen LogP contribution is -1.96. The van der Waals surface area contributed by atoms with Crippen LogP contribution in [0.1, 0.15) is 11.5 Å². The van der Waals surface area contributed by atoms with E-state index in [1.807, 2.05) is 24.3 Å². The molecule has 2 aromatic carbocycles. The highest BCUT2D eigenvalue weighted by atomic mass is 35.5. The number of rotatable bonds is 5. The largest absolute Gasteiger partial charge is 0.493 e. The van der Waals surface area contributed by atoms with Gasteiger partial charge < -0.3 is 13.9 Å². The van der Waals surface area contributed by atoms with Gasteiger partial charge in [0.2, 0.25) is 5.89 Å². The lowest BCUT2D eigenvalue weighted by Gasteiger charge is -2.08. The SMILES string of the molecule is COc1cc(/C=C\c2nc3cc(Cl)ccc3o2)ccc1OCC#N. The van der Waals surface area contributed by atoms with E-state index in [0.717, 1.165) is 5.56 Å². The maximum Gasteiger partial charge on any atom is 0.220 e. The molecule has 24 heavy (non-hydrogen) atoms. The average Bonchev–Trinajstić information content (AvgIpc) is 3.00. The molecule has 0 amide bonds. The minimum Gasteiger partial charge on any atom is -0.493 e. The molecule has 0 spiro atoms. The Morgan fingerprint density at radius 3 is 2.88 bits per heavy atom. The number of halogens is 1. The van der Waals surface area contributed by atoms with Crippen molar-refractivity contribution in [2.24, 2.45) is 0 Å². The number of nitrogens with zero attached hydrogens (tertiary/aromatic N) is 2. The highest BCUT2D eigenvalue weighted by Crippen LogP contribution is 2.29. The fourth-order valence-corrected chi connectivity index (χ4v) is 2.34. The fourth-order valence-electron chi connectivity index (χ4n) is 2.17. The number of oxazole rings is 1. The van der Waals surface area contributed by atoms with Gasteiger partial charge in [-0.1, -0.05) is 17.7 Å². The second kappa shape index (κ2) is 7.07. The third-order valence-electron chi connectivity index (χ3n) is 3.26. The summed E-state index contributed by atoms with van der Waals surface area (Å²) in [5, 5.41) is 9.20. The van der Waals surface area contributed by atoms with E-state index in [-0.39, 0.29) is 6.61 Å². The molecule has 1 aromatic heterocycles. The number of aromatic nitrogens is 1. The molecule has 3 aromatic rings. The van der Waals surface area contributed by atoms with Gasteiger partial charge in [-0.25, -0.2) is 4.98 Å². The number of fused-ring (bicyclic) bond motifs is 1. The van der Waals surface area contributed by atoms with Crippen LogP contribution in [0.5, 0.6) is 11.5 Å². The Labute approximate surface area is 143 Å². The summed E-state index contributed by atoms with van der Waals surface area (Å²) in [5.41, 5.74) is 2.27. The molecule has 0 atom stereocenters. The predicted molar refractivity (Wildman–Crippen MR) is 92.0 cm³/mol. The van der Waals surface area contributed by atoms with Gasteiger partial charge in [-0.15, -0.1) is 0 Å². The minimum atomic E-state index is -0.0307. The van der Waals surface area contributed by atoms with Crippen molar-refractivity contribution in [3.05, 3.63) is 52.9 Å². The Morgan fingerprint density at radius 2 is 2.08 bits per heavy atom. The Bertz CT molecular complexity index is 941. The third kappa shape index (κ3) is 3.50. The smallest absolute Gasteiger partial charge is 0.220 e. The van der Waals surface area contributed by atoms with Gasteiger partial charge in [0.15, 0.2) is 23.7 Å². The number of hydrogen-bond acceptors (Lipinski definition) is 5. The van der Waals surface area contributed by atoms with Crippen molar-refractivity contribution in [2.75, 3.05) is 13.7 Å². The third-order valence-corrected chi connectivity index (χ3v) is 3.50. The molecule has 0 aliphatic heterocycles. The van der Waals surface area contributed by atoms with Crippen molar-refractivity contribution in [1.29, 1.82) is 5.26 Å². The van der Waals surface area contributed by atoms with Gasteiger partial charge in [0.05, 0.1) is 7.11 Å². The van der Waals surface area contributed by atoms with Gasteiger partial charge in [0, 0.05) is 11.1 Å². The van der Waals surface area contributed by atoms with Crippen molar-refractivity contribution < 1.29 is 13.9 Å². The van der Waals surface area contributed by atoms with Crippen LogP contribution in [0, 0.1) is 11.3 Å². The van der Waals surface area contributed by atoms with Crippen molar-refractivity contribution >= 4 is 34.9 Å². The molecule has 0 aliphatic carbocycles. The van der Waals surface area contributed by atoms with Crippen molar-refractivity contribution in [3.8, 4) is 17.6 Å². The van der Waals surface area contributed by atoms with Gasteiger partial charge in [-0.05, 0) is 42.0 Å². The molecule has 0 saturated heterocycles. The van der Waals surface area contributed by atoms with Crippen LogP contribution in [0.2, 0.25) is 5.02 Å². The molecule has 0 bridgehead atoms. The topological polar surface area (TPSA) is 68.3 Å². The highest BCUT2D eigenvalue weighted by Gasteiger charge is 2.06. The molecule has 0 aliphatic rings. The van der Waals surface area contributed by atoms with E-state index in [2.05, 4.69) is 4.98 Å². The zero-order valence-electron chi connectivity index (χ0n) is 12.8. The fraction of sp³-hybridized carbons (Fsp3) is 0.111. The van der Waals surface area contributed by atoms with E-state index in [0.29, 0.717) is 33.5 Å². The minimum absolute atomic E-state index is 0.0307. The van der Waals surface area contributed by atoms with Crippen molar-refractivity contribution in [2.45, 2.75) is 0 Å². The molecular formula is C18H13ClN2O3. The lowest BCUT2D eigenvalue weighted by atomic mass is 10.2. The maximum atomic E-state index is 8.58. The molecule has 5 nitrogen and oxygen atoms in total. The second-order valence-corrected chi connectivity index (χ2v) is 5.29. The van der Waals surface area contributed by atoms with Crippen LogP contribution in [0.3, 0.4) is 0 Å². The van der Waals surface area contributed by atoms with E-state index in [9.17, 15) is 0 Å². The molecule has 0 unspecified atom stereocenters. The van der Waals surface area contributed by atoms with E-state index >= 15 is 0 Å². The summed E-state index contributed by atoms with van der Waals surface area (Å²) in [4.78, 5) is 4.36. The average molecular weight is 341 g/mol. The number of benzene rings is 2. The molecule has 0 N–H and O–H groups in total. The molecule has 120 valence electrons. The zero-order chi connectivity index (χ0) is 16.9. The summed E-state index contributed by atoms with van der Waals surface area (Å²) in [7, 11) is 1.55. The second-order valence-electron chi connectivity index (χ2n) is 4.85. The first-order valence-corrected chi connectivity index (χ1v) is 7.49. The Morgan fingerprint density at radius 1 is 1.21 bits per heavy atom. The quantitative estimate of drug-likeness (QED) is 0.681. The standard InChI is InChI=1S/C18H13ClN2O3/c1-22-17-10-12(2-5-16(17)23-9-8-20)3-7-18-21-14-11-13(19)4-6-15(14)24-18/h2-7,10-11H,9H2,1H3/b7-3-. The molecule has 3 rings (SSSR count). The zero-order valence-corrected chi connectivity index (χ0v) is 13.6. The van der Waals surface area contributed by atoms with Gasteiger partial charge in [0.1, 0.15) is 11.6 Å². The number of nitriles is 1. The normalized spacial score (nSPS) is 10.9. The monoisotopic (exact) mass is 340 g/mol. The van der Waals surface area contributed by atoms with E-state index in [1.165, 1.54) is 0 Å². The van der Waals surface area contributed by atoms with Crippen LogP contribution >= 0.6 is 11.6 Å². The van der Waals surface area contributed by atoms with Crippen molar-refractivity contribution in [3.63, 3.8) is 0 Å². The number of methoxy groups -OCH3 is 1. The Hall–Kier alpha value is -2.97. The van der Waals surface area contributed by atoms with Gasteiger partial charge >= 0.3 is 0 Å². The summed E-state index contributed by atoms with van der Waals surface area (Å²) in [6.45, 7) is -0.0307. The number of hydrogen-bond donors (Lipinski definition) is 0. The maximum absolute atomic E-state index is 8.58. The summed E-state index contributed by atoms with van der Waals surface area (Å²) in [6, 6.07) is 12.6. The summed E-state index contributed by atoms with van der Waals surface area (Å²) in [6.07, 6.45) is 3.61. The first-order chi connectivity index (χ1) is 11.7. The first kappa shape index (κ1) is 15.9. The highest BCUT2D eigenvalue weighted by molar-refractivity contribution is 6.31. The molecule has 0 radical (unpaired) electrons. The van der Waals surface area contributed by atoms with Crippen LogP contribution in [-0.4, -0.2) is 18.7 Å². The molecule has 0 saturated carbocycles. The van der Waals surface area contributed by atoms with Gasteiger partial charge in [-0.2, -0.15) is 5.26 Å². The van der Waals surface area contributed by atoms with Crippen LogP contribution < -0.4 is 9.47 Å². The van der Waals surface area contributed by atoms with E-state index in [1.54, 1.807) is 37.5 Å². The molecule has 1 heterocycles. The Balaban J connectivity index is 1.83. The Kier molecular flexibility index (Phi) is 4.69. The van der Waals surface area contributed by atoms with Crippen LogP contribution in [-0.2, 0) is 0 Å². The summed E-state index contributed by atoms with van der Waals surface area (Å²) in [5.74, 6) is 1.56. The predicted octanol–water partition coefficient (Wildman–Crippen LogP) is 4.56. The van der Waals surface area contributed by atoms with Gasteiger partial charge in [-0.3, -0.25) is 0 Å². The van der Waals surface area contributed by atoms with E-state index in [4.69, 9.17) is 30.8 Å². The summed E-state index contributed by atoms with van der Waals surface area (Å²) >= 11 is 5.94. The van der Waals surface area contributed by atoms with Crippen LogP contribution in [0.15, 0.2) is 40.8 Å². The van der Waals surface area contributed by atoms with E-state index < -0.39 is 0 Å². The van der Waals surface area contributed by atoms with Crippen molar-refractivity contribution in [1.82, 2.24) is 4.98 Å². The lowest BCUT2D eigenvalue weighted by molar-refractivity contribution is 0.329. The summed E-state index contributed by atoms with van der Waals surface area (Å²) < 4.78 is 16.2. The molecular weight excluding hydrogens is 328 g/mol. The van der Waals surface area contributed by atoms with Crippen LogP contribution in [0.4, 0.5) is 0 Å². The van der Waals surface area contributed by atoms with Gasteiger partial charge in [0.25, 0.3) is 0 Å². The molecule has 6 heteroatoms. The van der Waals surface area contributed by atoms with Crippen LogP contribution in [0.25, 0.3) is 23.3 Å². The molecule has 0 fully saturated rings. The number of ether oxygens (including phenoxy) is 2.